The van der Waals surface area contributed by atoms with Crippen LogP contribution in [-0.2, 0) is 4.79 Å². The van der Waals surface area contributed by atoms with E-state index in [-0.39, 0.29) is 18.4 Å². The number of carbonyl (C=O) groups is 1. The Bertz CT molecular complexity index is 582. The Morgan fingerprint density at radius 3 is 2.90 bits per heavy atom. The van der Waals surface area contributed by atoms with E-state index >= 15 is 0 Å². The molecule has 0 bridgehead atoms. The number of carbonyl (C=O) groups excluding carboxylic acids is 1. The van der Waals surface area contributed by atoms with Gasteiger partial charge in [0.2, 0.25) is 17.8 Å². The van der Waals surface area contributed by atoms with Crippen molar-refractivity contribution in [1.82, 2.24) is 30.0 Å². The molecule has 2 aromatic rings. The Kier molecular flexibility index (Phi) is 4.08. The van der Waals surface area contributed by atoms with E-state index in [2.05, 4.69) is 25.4 Å². The zero-order chi connectivity index (χ0) is 14.5. The van der Waals surface area contributed by atoms with Crippen LogP contribution >= 0.6 is 0 Å². The lowest BCUT2D eigenvalue weighted by atomic mass is 10.5. The predicted octanol–water partition coefficient (Wildman–Crippen LogP) is -0.788. The summed E-state index contributed by atoms with van der Waals surface area (Å²) in [7, 11) is 1.71. The molecule has 0 spiro atoms. The highest BCUT2D eigenvalue weighted by Gasteiger charge is 2.13. The highest BCUT2D eigenvalue weighted by atomic mass is 16.2. The maximum absolute atomic E-state index is 11.6. The van der Waals surface area contributed by atoms with Gasteiger partial charge in [0.15, 0.2) is 0 Å². The van der Waals surface area contributed by atoms with Gasteiger partial charge in [-0.3, -0.25) is 4.79 Å². The van der Waals surface area contributed by atoms with E-state index in [4.69, 9.17) is 5.73 Å². The van der Waals surface area contributed by atoms with Gasteiger partial charge in [0.05, 0.1) is 6.54 Å². The lowest BCUT2D eigenvalue weighted by Gasteiger charge is -2.16. The molecule has 2 heterocycles. The molecule has 0 aliphatic carbocycles. The Labute approximate surface area is 115 Å². The zero-order valence-electron chi connectivity index (χ0n) is 11.3. The fourth-order valence-electron chi connectivity index (χ4n) is 1.57. The molecule has 0 fully saturated rings. The third-order valence-electron chi connectivity index (χ3n) is 2.43. The number of nitrogens with one attached hydrogen (secondary N) is 1. The summed E-state index contributed by atoms with van der Waals surface area (Å²) in [6.07, 6.45) is 3.31. The summed E-state index contributed by atoms with van der Waals surface area (Å²) >= 11 is 0. The average molecular weight is 276 g/mol. The standard InChI is InChI=1S/C11H16N8O/c1-3-13-8(20)7-18(2)10-15-9(12)16-11(17-10)19-6-4-5-14-19/h4-6H,3,7H2,1-2H3,(H,13,20)(H2,12,15,16,17). The van der Waals surface area contributed by atoms with E-state index in [9.17, 15) is 4.79 Å². The minimum Gasteiger partial charge on any atom is -0.368 e. The molecule has 0 atom stereocenters. The number of aromatic nitrogens is 5. The predicted molar refractivity (Wildman–Crippen MR) is 73.3 cm³/mol. The fourth-order valence-corrected chi connectivity index (χ4v) is 1.57. The lowest BCUT2D eigenvalue weighted by Crippen LogP contribution is -2.36. The van der Waals surface area contributed by atoms with Crippen LogP contribution in [0.1, 0.15) is 6.92 Å². The van der Waals surface area contributed by atoms with E-state index in [0.29, 0.717) is 18.4 Å². The minimum absolute atomic E-state index is 0.0725. The Balaban J connectivity index is 2.21. The van der Waals surface area contributed by atoms with Gasteiger partial charge in [-0.25, -0.2) is 4.68 Å². The maximum atomic E-state index is 11.6. The van der Waals surface area contributed by atoms with Crippen molar-refractivity contribution < 1.29 is 4.79 Å². The van der Waals surface area contributed by atoms with Crippen molar-refractivity contribution in [2.24, 2.45) is 0 Å². The summed E-state index contributed by atoms with van der Waals surface area (Å²) in [6, 6.07) is 1.75. The quantitative estimate of drug-likeness (QED) is 0.735. The first-order valence-corrected chi connectivity index (χ1v) is 6.09. The summed E-state index contributed by atoms with van der Waals surface area (Å²) in [4.78, 5) is 25.4. The van der Waals surface area contributed by atoms with Gasteiger partial charge in [-0.05, 0) is 13.0 Å². The number of rotatable bonds is 5. The first kappa shape index (κ1) is 13.7. The molecule has 9 heteroatoms. The monoisotopic (exact) mass is 276 g/mol. The number of nitrogen functional groups attached to an aromatic ring is 1. The first-order valence-electron chi connectivity index (χ1n) is 6.09. The van der Waals surface area contributed by atoms with Gasteiger partial charge in [0, 0.05) is 26.0 Å². The van der Waals surface area contributed by atoms with Crippen LogP contribution in [0.25, 0.3) is 5.95 Å². The van der Waals surface area contributed by atoms with Crippen molar-refractivity contribution in [3.63, 3.8) is 0 Å². The molecule has 0 unspecified atom stereocenters. The van der Waals surface area contributed by atoms with Crippen molar-refractivity contribution >= 4 is 17.8 Å². The van der Waals surface area contributed by atoms with Gasteiger partial charge >= 0.3 is 0 Å². The third kappa shape index (κ3) is 3.19. The summed E-state index contributed by atoms with van der Waals surface area (Å²) in [5.74, 6) is 0.576. The van der Waals surface area contributed by atoms with E-state index in [0.717, 1.165) is 0 Å². The second-order valence-corrected chi connectivity index (χ2v) is 4.05. The van der Waals surface area contributed by atoms with Gasteiger partial charge in [-0.15, -0.1) is 0 Å². The number of hydrogen-bond donors (Lipinski definition) is 2. The molecule has 0 aliphatic rings. The van der Waals surface area contributed by atoms with Gasteiger partial charge < -0.3 is 16.0 Å². The van der Waals surface area contributed by atoms with Gasteiger partial charge in [-0.1, -0.05) is 0 Å². The van der Waals surface area contributed by atoms with Crippen LogP contribution in [0.5, 0.6) is 0 Å². The molecule has 106 valence electrons. The number of likely N-dealkylation sites (N-methyl/N-ethyl adjacent to an activating group) is 2. The maximum Gasteiger partial charge on any atom is 0.257 e. The van der Waals surface area contributed by atoms with Gasteiger partial charge in [-0.2, -0.15) is 20.1 Å². The summed E-state index contributed by atoms with van der Waals surface area (Å²) in [6.45, 7) is 2.56. The van der Waals surface area contributed by atoms with Crippen LogP contribution in [0, 0.1) is 0 Å². The molecule has 9 nitrogen and oxygen atoms in total. The zero-order valence-corrected chi connectivity index (χ0v) is 11.3. The summed E-state index contributed by atoms with van der Waals surface area (Å²) in [5.41, 5.74) is 5.66. The molecule has 0 radical (unpaired) electrons. The molecule has 0 aromatic carbocycles. The third-order valence-corrected chi connectivity index (χ3v) is 2.43. The lowest BCUT2D eigenvalue weighted by molar-refractivity contribution is -0.119. The van der Waals surface area contributed by atoms with Gasteiger partial charge in [0.25, 0.3) is 5.95 Å². The van der Waals surface area contributed by atoms with Gasteiger partial charge in [0.1, 0.15) is 0 Å². The Morgan fingerprint density at radius 1 is 1.45 bits per heavy atom. The second-order valence-electron chi connectivity index (χ2n) is 4.05. The SMILES string of the molecule is CCNC(=O)CN(C)c1nc(N)nc(-n2cccn2)n1. The Morgan fingerprint density at radius 2 is 2.25 bits per heavy atom. The first-order chi connectivity index (χ1) is 9.60. The van der Waals surface area contributed by atoms with Crippen LogP contribution in [0.3, 0.4) is 0 Å². The molecule has 2 rings (SSSR count). The molecule has 3 N–H and O–H groups in total. The fraction of sp³-hybridized carbons (Fsp3) is 0.364. The molecule has 1 amide bonds. The van der Waals surface area contributed by atoms with Crippen molar-refractivity contribution in [3.05, 3.63) is 18.5 Å². The van der Waals surface area contributed by atoms with E-state index in [1.54, 1.807) is 30.4 Å². The molecule has 0 saturated heterocycles. The molecule has 0 aliphatic heterocycles. The van der Waals surface area contributed by atoms with Crippen LogP contribution in [0.15, 0.2) is 18.5 Å². The highest BCUT2D eigenvalue weighted by molar-refractivity contribution is 5.80. The van der Waals surface area contributed by atoms with E-state index < -0.39 is 0 Å². The average Bonchev–Trinajstić information content (AvgIpc) is 2.92. The summed E-state index contributed by atoms with van der Waals surface area (Å²) < 4.78 is 1.47. The highest BCUT2D eigenvalue weighted by Crippen LogP contribution is 2.09. The number of nitrogens with zero attached hydrogens (tertiary/aromatic N) is 6. The normalized spacial score (nSPS) is 10.3. The Hall–Kier alpha value is -2.71. The number of amides is 1. The number of anilines is 2. The molecular weight excluding hydrogens is 260 g/mol. The van der Waals surface area contributed by atoms with E-state index in [1.807, 2.05) is 6.92 Å². The van der Waals surface area contributed by atoms with Crippen molar-refractivity contribution in [2.75, 3.05) is 30.8 Å². The van der Waals surface area contributed by atoms with Crippen molar-refractivity contribution in [1.29, 1.82) is 0 Å². The largest absolute Gasteiger partial charge is 0.368 e. The van der Waals surface area contributed by atoms with Crippen LogP contribution < -0.4 is 16.0 Å². The molecular formula is C11H16N8O. The second kappa shape index (κ2) is 5.95. The molecule has 2 aromatic heterocycles. The summed E-state index contributed by atoms with van der Waals surface area (Å²) in [5, 5.41) is 6.73. The smallest absolute Gasteiger partial charge is 0.257 e. The minimum atomic E-state index is -0.116. The van der Waals surface area contributed by atoms with Crippen LogP contribution in [-0.4, -0.2) is 50.8 Å². The number of hydrogen-bond acceptors (Lipinski definition) is 7. The molecule has 20 heavy (non-hydrogen) atoms. The molecule has 0 saturated carbocycles. The van der Waals surface area contributed by atoms with Crippen molar-refractivity contribution in [2.45, 2.75) is 6.92 Å². The van der Waals surface area contributed by atoms with Crippen LogP contribution in [0.4, 0.5) is 11.9 Å². The van der Waals surface area contributed by atoms with Crippen molar-refractivity contribution in [3.8, 4) is 5.95 Å². The number of nitrogens with two attached hydrogens (primary N) is 1. The van der Waals surface area contributed by atoms with E-state index in [1.165, 1.54) is 4.68 Å². The topological polar surface area (TPSA) is 115 Å². The van der Waals surface area contributed by atoms with Crippen LogP contribution in [0.2, 0.25) is 0 Å².